The maximum absolute atomic E-state index is 13.5. The Hall–Kier alpha value is -4.47. The number of anilines is 1. The number of aromatic amines is 1. The van der Waals surface area contributed by atoms with Crippen molar-refractivity contribution in [2.24, 2.45) is 0 Å². The van der Waals surface area contributed by atoms with Crippen LogP contribution >= 0.6 is 0 Å². The second kappa shape index (κ2) is 10.3. The Labute approximate surface area is 212 Å². The van der Waals surface area contributed by atoms with Gasteiger partial charge in [-0.25, -0.2) is 9.36 Å². The van der Waals surface area contributed by atoms with Crippen LogP contribution in [0.25, 0.3) is 16.6 Å². The highest BCUT2D eigenvalue weighted by atomic mass is 16.2. The SMILES string of the molecule is Cc1cc(NC(=O)Cn2c(=O)n(-c3ccc(CC(=O)NC4CCCC4)cc3)c(=O)c3ccccc32)n[nH]1. The number of aromatic nitrogens is 4. The van der Waals surface area contributed by atoms with Crippen LogP contribution in [0.4, 0.5) is 5.82 Å². The minimum atomic E-state index is -0.635. The summed E-state index contributed by atoms with van der Waals surface area (Å²) in [6.45, 7) is 1.51. The Morgan fingerprint density at radius 2 is 1.76 bits per heavy atom. The molecule has 190 valence electrons. The fourth-order valence-corrected chi connectivity index (χ4v) is 4.81. The summed E-state index contributed by atoms with van der Waals surface area (Å²) in [4.78, 5) is 52.0. The summed E-state index contributed by atoms with van der Waals surface area (Å²) in [5.41, 5.74) is 1.17. The Bertz CT molecular complexity index is 1580. The average molecular weight is 501 g/mol. The second-order valence-corrected chi connectivity index (χ2v) is 9.40. The van der Waals surface area contributed by atoms with Crippen LogP contribution in [0, 0.1) is 6.92 Å². The van der Waals surface area contributed by atoms with Gasteiger partial charge in [0, 0.05) is 17.8 Å². The molecular weight excluding hydrogens is 472 g/mol. The van der Waals surface area contributed by atoms with Crippen molar-refractivity contribution in [3.05, 3.63) is 86.7 Å². The molecule has 0 bridgehead atoms. The van der Waals surface area contributed by atoms with Gasteiger partial charge in [0.15, 0.2) is 5.82 Å². The van der Waals surface area contributed by atoms with Gasteiger partial charge >= 0.3 is 5.69 Å². The number of para-hydroxylation sites is 1. The van der Waals surface area contributed by atoms with Gasteiger partial charge < -0.3 is 10.6 Å². The lowest BCUT2D eigenvalue weighted by atomic mass is 10.1. The normalized spacial score (nSPS) is 13.6. The van der Waals surface area contributed by atoms with E-state index in [-0.39, 0.29) is 24.9 Å². The highest BCUT2D eigenvalue weighted by Crippen LogP contribution is 2.18. The first kappa shape index (κ1) is 24.2. The number of carbonyl (C=O) groups excluding carboxylic acids is 2. The Morgan fingerprint density at radius 3 is 2.46 bits per heavy atom. The lowest BCUT2D eigenvalue weighted by Crippen LogP contribution is -2.40. The van der Waals surface area contributed by atoms with E-state index in [2.05, 4.69) is 20.8 Å². The number of carbonyl (C=O) groups is 2. The van der Waals surface area contributed by atoms with Crippen molar-refractivity contribution in [2.45, 2.75) is 51.6 Å². The molecule has 2 amide bonds. The highest BCUT2D eigenvalue weighted by Gasteiger charge is 2.19. The summed E-state index contributed by atoms with van der Waals surface area (Å²) in [6.07, 6.45) is 4.53. The lowest BCUT2D eigenvalue weighted by molar-refractivity contribution is -0.121. The Balaban J connectivity index is 1.44. The van der Waals surface area contributed by atoms with Crippen LogP contribution in [-0.2, 0) is 22.6 Å². The van der Waals surface area contributed by atoms with Crippen molar-refractivity contribution >= 4 is 28.5 Å². The van der Waals surface area contributed by atoms with Gasteiger partial charge in [-0.05, 0) is 49.6 Å². The molecule has 1 fully saturated rings. The number of amides is 2. The van der Waals surface area contributed by atoms with Gasteiger partial charge in [0.1, 0.15) is 6.54 Å². The third-order valence-electron chi connectivity index (χ3n) is 6.61. The van der Waals surface area contributed by atoms with Gasteiger partial charge in [-0.3, -0.25) is 24.0 Å². The van der Waals surface area contributed by atoms with Crippen LogP contribution in [0.15, 0.2) is 64.2 Å². The molecule has 1 saturated carbocycles. The van der Waals surface area contributed by atoms with Crippen LogP contribution in [0.3, 0.4) is 0 Å². The molecule has 10 nitrogen and oxygen atoms in total. The summed E-state index contributed by atoms with van der Waals surface area (Å²) in [5.74, 6) is -0.142. The fourth-order valence-electron chi connectivity index (χ4n) is 4.81. The Kier molecular flexibility index (Phi) is 6.72. The molecule has 0 radical (unpaired) electrons. The summed E-state index contributed by atoms with van der Waals surface area (Å²) < 4.78 is 2.32. The molecule has 5 rings (SSSR count). The smallest absolute Gasteiger partial charge is 0.336 e. The van der Waals surface area contributed by atoms with Crippen molar-refractivity contribution in [1.29, 1.82) is 0 Å². The molecule has 37 heavy (non-hydrogen) atoms. The number of nitrogens with one attached hydrogen (secondary N) is 3. The monoisotopic (exact) mass is 500 g/mol. The van der Waals surface area contributed by atoms with Crippen LogP contribution in [0.5, 0.6) is 0 Å². The van der Waals surface area contributed by atoms with Crippen molar-refractivity contribution < 1.29 is 9.59 Å². The summed E-state index contributed by atoms with van der Waals surface area (Å²) in [7, 11) is 0. The number of aryl methyl sites for hydroxylation is 1. The van der Waals surface area contributed by atoms with Gasteiger partial charge in [-0.15, -0.1) is 0 Å². The lowest BCUT2D eigenvalue weighted by Gasteiger charge is -2.14. The van der Waals surface area contributed by atoms with Gasteiger partial charge in [-0.2, -0.15) is 5.10 Å². The largest absolute Gasteiger partial charge is 0.353 e. The second-order valence-electron chi connectivity index (χ2n) is 9.40. The van der Waals surface area contributed by atoms with Crippen molar-refractivity contribution in [1.82, 2.24) is 24.6 Å². The summed E-state index contributed by atoms with van der Waals surface area (Å²) in [6, 6.07) is 15.4. The molecule has 2 aromatic carbocycles. The fraction of sp³-hybridized carbons (Fsp3) is 0.296. The number of benzene rings is 2. The third kappa shape index (κ3) is 5.23. The first-order valence-corrected chi connectivity index (χ1v) is 12.3. The molecule has 10 heteroatoms. The van der Waals surface area contributed by atoms with E-state index in [1.54, 1.807) is 54.6 Å². The molecular formula is C27H28N6O4. The van der Waals surface area contributed by atoms with Crippen molar-refractivity contribution in [3.63, 3.8) is 0 Å². The van der Waals surface area contributed by atoms with Crippen LogP contribution < -0.4 is 21.9 Å². The zero-order valence-electron chi connectivity index (χ0n) is 20.5. The topological polar surface area (TPSA) is 131 Å². The first-order chi connectivity index (χ1) is 17.9. The number of hydrogen-bond donors (Lipinski definition) is 3. The van der Waals surface area contributed by atoms with E-state index >= 15 is 0 Å². The van der Waals surface area contributed by atoms with Gasteiger partial charge in [0.05, 0.1) is 23.0 Å². The van der Waals surface area contributed by atoms with Crippen LogP contribution in [0.1, 0.15) is 36.9 Å². The zero-order valence-corrected chi connectivity index (χ0v) is 20.5. The molecule has 1 aliphatic rings. The summed E-state index contributed by atoms with van der Waals surface area (Å²) >= 11 is 0. The standard InChI is InChI=1S/C27H28N6O4/c1-17-14-23(31-30-17)29-25(35)16-32-22-9-5-4-8-21(22)26(36)33(27(32)37)20-12-10-18(11-13-20)15-24(34)28-19-6-2-3-7-19/h4-5,8-14,19H,2-3,6-7,15-16H2,1H3,(H,28,34)(H2,29,30,31,35). The van der Waals surface area contributed by atoms with E-state index in [1.165, 1.54) is 4.57 Å². The summed E-state index contributed by atoms with van der Waals surface area (Å²) in [5, 5.41) is 12.8. The molecule has 0 atom stereocenters. The maximum atomic E-state index is 13.5. The highest BCUT2D eigenvalue weighted by molar-refractivity contribution is 5.91. The van der Waals surface area contributed by atoms with E-state index in [0.717, 1.165) is 41.5 Å². The number of nitrogens with zero attached hydrogens (tertiary/aromatic N) is 3. The van der Waals surface area contributed by atoms with Crippen LogP contribution in [-0.4, -0.2) is 37.2 Å². The molecule has 2 aromatic heterocycles. The molecule has 0 saturated heterocycles. The van der Waals surface area contributed by atoms with Gasteiger partial charge in [0.2, 0.25) is 11.8 Å². The number of hydrogen-bond acceptors (Lipinski definition) is 5. The molecule has 4 aromatic rings. The molecule has 0 unspecified atom stereocenters. The minimum Gasteiger partial charge on any atom is -0.353 e. The maximum Gasteiger partial charge on any atom is 0.336 e. The number of rotatable bonds is 7. The molecule has 3 N–H and O–H groups in total. The number of fused-ring (bicyclic) bond motifs is 1. The van der Waals surface area contributed by atoms with E-state index in [9.17, 15) is 19.2 Å². The quantitative estimate of drug-likeness (QED) is 0.359. The van der Waals surface area contributed by atoms with E-state index in [4.69, 9.17) is 0 Å². The molecule has 2 heterocycles. The molecule has 0 aliphatic heterocycles. The van der Waals surface area contributed by atoms with E-state index in [0.29, 0.717) is 22.4 Å². The zero-order chi connectivity index (χ0) is 25.9. The van der Waals surface area contributed by atoms with Crippen molar-refractivity contribution in [2.75, 3.05) is 5.32 Å². The molecule has 1 aliphatic carbocycles. The third-order valence-corrected chi connectivity index (χ3v) is 6.61. The minimum absolute atomic E-state index is 0.0389. The van der Waals surface area contributed by atoms with E-state index in [1.807, 2.05) is 6.92 Å². The molecule has 0 spiro atoms. The average Bonchev–Trinajstić information content (AvgIpc) is 3.54. The Morgan fingerprint density at radius 1 is 1.03 bits per heavy atom. The van der Waals surface area contributed by atoms with Crippen LogP contribution in [0.2, 0.25) is 0 Å². The predicted octanol–water partition coefficient (Wildman–Crippen LogP) is 2.42. The van der Waals surface area contributed by atoms with Gasteiger partial charge in [-0.1, -0.05) is 37.1 Å². The first-order valence-electron chi connectivity index (χ1n) is 12.3. The van der Waals surface area contributed by atoms with E-state index < -0.39 is 17.2 Å². The predicted molar refractivity (Wildman–Crippen MR) is 140 cm³/mol. The number of H-pyrrole nitrogens is 1. The van der Waals surface area contributed by atoms with Gasteiger partial charge in [0.25, 0.3) is 5.56 Å². The van der Waals surface area contributed by atoms with Crippen molar-refractivity contribution in [3.8, 4) is 5.69 Å².